The van der Waals surface area contributed by atoms with Crippen molar-refractivity contribution in [2.45, 2.75) is 25.4 Å². The van der Waals surface area contributed by atoms with Gasteiger partial charge in [0.2, 0.25) is 17.6 Å². The molecule has 0 saturated heterocycles. The van der Waals surface area contributed by atoms with Crippen molar-refractivity contribution in [3.63, 3.8) is 0 Å². The number of alkyl carbamates (subject to hydrolysis) is 1. The highest BCUT2D eigenvalue weighted by Gasteiger charge is 2.26. The van der Waals surface area contributed by atoms with Gasteiger partial charge < -0.3 is 34.7 Å². The predicted molar refractivity (Wildman–Crippen MR) is 164 cm³/mol. The van der Waals surface area contributed by atoms with Crippen molar-refractivity contribution in [3.05, 3.63) is 94.7 Å². The molecule has 3 N–H and O–H groups in total. The number of anilines is 1. The Morgan fingerprint density at radius 3 is 2.49 bits per heavy atom. The first-order valence-electron chi connectivity index (χ1n) is 14.0. The first kappa shape index (κ1) is 33.8. The van der Waals surface area contributed by atoms with E-state index in [4.69, 9.17) is 4.74 Å². The number of methoxy groups -OCH3 is 1. The summed E-state index contributed by atoms with van der Waals surface area (Å²) in [6.07, 6.45) is 1.90. The number of hydrogen-bond acceptors (Lipinski definition) is 8. The molecule has 0 fully saturated rings. The van der Waals surface area contributed by atoms with Crippen LogP contribution in [0.2, 0.25) is 0 Å². The topological polar surface area (TPSA) is 174 Å². The van der Waals surface area contributed by atoms with Gasteiger partial charge in [0.25, 0.3) is 5.56 Å². The third kappa shape index (κ3) is 7.97. The second-order valence-electron chi connectivity index (χ2n) is 10.2. The molecule has 0 aliphatic carbocycles. The van der Waals surface area contributed by atoms with Crippen LogP contribution >= 0.6 is 0 Å². The van der Waals surface area contributed by atoms with Gasteiger partial charge >= 0.3 is 12.2 Å². The van der Waals surface area contributed by atoms with Crippen molar-refractivity contribution in [2.24, 2.45) is 0 Å². The minimum atomic E-state index is -1.59. The van der Waals surface area contributed by atoms with Crippen LogP contribution in [-0.2, 0) is 20.9 Å². The summed E-state index contributed by atoms with van der Waals surface area (Å²) in [6.45, 7) is -0.494. The molecule has 0 aliphatic heterocycles. The molecule has 2 heterocycles. The Labute approximate surface area is 265 Å². The lowest BCUT2D eigenvalue weighted by Crippen LogP contribution is -2.44. The number of aromatic nitrogens is 3. The second-order valence-corrected chi connectivity index (χ2v) is 10.2. The lowest BCUT2D eigenvalue weighted by Gasteiger charge is -2.17. The number of para-hydroxylation sites is 1. The Bertz CT molecular complexity index is 1910. The summed E-state index contributed by atoms with van der Waals surface area (Å²) in [4.78, 5) is 68.0. The number of nitrogens with zero attached hydrogens (tertiary/aromatic N) is 4. The average Bonchev–Trinajstić information content (AvgIpc) is 3.40. The number of fused-ring (bicyclic) bond motifs is 1. The predicted octanol–water partition coefficient (Wildman–Crippen LogP) is 3.93. The van der Waals surface area contributed by atoms with Crippen molar-refractivity contribution in [1.82, 2.24) is 24.3 Å². The lowest BCUT2D eigenvalue weighted by molar-refractivity contribution is -0.123. The minimum Gasteiger partial charge on any atom is -0.464 e. The Balaban J connectivity index is 1.63. The molecule has 4 aromatic rings. The molecule has 0 aliphatic rings. The van der Waals surface area contributed by atoms with Gasteiger partial charge in [-0.25, -0.2) is 23.5 Å². The molecule has 246 valence electrons. The molecular weight excluding hydrogens is 622 g/mol. The molecule has 16 heteroatoms. The average molecular weight is 653 g/mol. The maximum absolute atomic E-state index is 14.9. The number of carbonyl (C=O) groups is 4. The molecule has 2 aromatic heterocycles. The molecule has 4 rings (SSSR count). The SMILES string of the molecule is COC(=O)N[C@@H](CC/C=C/C(=O)N(C)C)C(=O)Nc1cccn(Cc2nc3c(Oc4ccccc4)c(F)c(F)cc3n2C(=O)O)c1=O. The van der Waals surface area contributed by atoms with Crippen LogP contribution in [-0.4, -0.2) is 75.4 Å². The van der Waals surface area contributed by atoms with E-state index in [0.717, 1.165) is 11.7 Å². The van der Waals surface area contributed by atoms with Gasteiger partial charge in [-0.05, 0) is 43.2 Å². The maximum atomic E-state index is 14.9. The number of ether oxygens (including phenoxy) is 2. The van der Waals surface area contributed by atoms with Gasteiger partial charge in [-0.3, -0.25) is 14.4 Å². The third-order valence-electron chi connectivity index (χ3n) is 6.73. The lowest BCUT2D eigenvalue weighted by atomic mass is 10.1. The summed E-state index contributed by atoms with van der Waals surface area (Å²) in [5, 5.41) is 14.8. The largest absolute Gasteiger partial charge is 0.464 e. The van der Waals surface area contributed by atoms with Gasteiger partial charge in [0, 0.05) is 26.4 Å². The van der Waals surface area contributed by atoms with Crippen molar-refractivity contribution >= 4 is 40.7 Å². The first-order chi connectivity index (χ1) is 22.4. The zero-order valence-corrected chi connectivity index (χ0v) is 25.4. The first-order valence-corrected chi connectivity index (χ1v) is 14.0. The van der Waals surface area contributed by atoms with Crippen molar-refractivity contribution in [3.8, 4) is 11.5 Å². The van der Waals surface area contributed by atoms with E-state index in [1.165, 1.54) is 47.5 Å². The van der Waals surface area contributed by atoms with Crippen molar-refractivity contribution in [1.29, 1.82) is 0 Å². The van der Waals surface area contributed by atoms with Gasteiger partial charge in [0.05, 0.1) is 19.2 Å². The van der Waals surface area contributed by atoms with Crippen LogP contribution in [0.3, 0.4) is 0 Å². The number of pyridine rings is 1. The van der Waals surface area contributed by atoms with Gasteiger partial charge in [0.1, 0.15) is 28.8 Å². The monoisotopic (exact) mass is 652 g/mol. The van der Waals surface area contributed by atoms with E-state index in [9.17, 15) is 37.9 Å². The van der Waals surface area contributed by atoms with E-state index >= 15 is 0 Å². The van der Waals surface area contributed by atoms with E-state index < -0.39 is 53.6 Å². The fraction of sp³-hybridized carbons (Fsp3) is 0.226. The fourth-order valence-electron chi connectivity index (χ4n) is 4.39. The summed E-state index contributed by atoms with van der Waals surface area (Å²) in [7, 11) is 4.26. The van der Waals surface area contributed by atoms with Crippen LogP contribution in [0.25, 0.3) is 11.0 Å². The Hall–Kier alpha value is -6.06. The van der Waals surface area contributed by atoms with E-state index in [2.05, 4.69) is 20.4 Å². The summed E-state index contributed by atoms with van der Waals surface area (Å²) in [6, 6.07) is 10.0. The van der Waals surface area contributed by atoms with Gasteiger partial charge in [-0.2, -0.15) is 4.39 Å². The molecule has 0 saturated carbocycles. The molecule has 47 heavy (non-hydrogen) atoms. The normalized spacial score (nSPS) is 11.7. The summed E-state index contributed by atoms with van der Waals surface area (Å²) in [5.41, 5.74) is -1.64. The Kier molecular flexibility index (Phi) is 10.7. The molecule has 0 unspecified atom stereocenters. The molecule has 14 nitrogen and oxygen atoms in total. The number of carbonyl (C=O) groups excluding carboxylic acids is 3. The van der Waals surface area contributed by atoms with Gasteiger partial charge in [-0.15, -0.1) is 0 Å². The second kappa shape index (κ2) is 14.8. The van der Waals surface area contributed by atoms with Crippen LogP contribution < -0.4 is 20.9 Å². The highest BCUT2D eigenvalue weighted by atomic mass is 19.2. The van der Waals surface area contributed by atoms with Crippen LogP contribution in [0.1, 0.15) is 18.7 Å². The number of likely N-dealkylation sites (N-methyl/N-ethyl adjacent to an activating group) is 1. The summed E-state index contributed by atoms with van der Waals surface area (Å²) >= 11 is 0. The molecule has 3 amide bonds. The number of benzene rings is 2. The van der Waals surface area contributed by atoms with Crippen LogP contribution in [0.4, 0.5) is 24.1 Å². The fourth-order valence-corrected chi connectivity index (χ4v) is 4.39. The van der Waals surface area contributed by atoms with Crippen molar-refractivity contribution in [2.75, 3.05) is 26.5 Å². The van der Waals surface area contributed by atoms with E-state index in [1.807, 2.05) is 0 Å². The number of halogens is 2. The molecule has 1 atom stereocenters. The quantitative estimate of drug-likeness (QED) is 0.203. The Morgan fingerprint density at radius 2 is 1.83 bits per heavy atom. The highest BCUT2D eigenvalue weighted by Crippen LogP contribution is 2.34. The van der Waals surface area contributed by atoms with E-state index in [-0.39, 0.29) is 47.0 Å². The van der Waals surface area contributed by atoms with Crippen LogP contribution in [0, 0.1) is 11.6 Å². The molecule has 0 bridgehead atoms. The van der Waals surface area contributed by atoms with Gasteiger partial charge in [0.15, 0.2) is 11.6 Å². The zero-order valence-electron chi connectivity index (χ0n) is 25.4. The maximum Gasteiger partial charge on any atom is 0.417 e. The van der Waals surface area contributed by atoms with Crippen molar-refractivity contribution < 1.29 is 42.5 Å². The number of amides is 3. The number of carboxylic acid groups (broad SMARTS) is 1. The van der Waals surface area contributed by atoms with E-state index in [1.54, 1.807) is 32.3 Å². The van der Waals surface area contributed by atoms with Crippen LogP contribution in [0.15, 0.2) is 71.7 Å². The molecule has 0 spiro atoms. The molecule has 2 aromatic carbocycles. The smallest absolute Gasteiger partial charge is 0.417 e. The van der Waals surface area contributed by atoms with E-state index in [0.29, 0.717) is 10.6 Å². The molecular formula is C31H30F2N6O8. The minimum absolute atomic E-state index is 0.0440. The molecule has 0 radical (unpaired) electrons. The Morgan fingerprint density at radius 1 is 1.11 bits per heavy atom. The summed E-state index contributed by atoms with van der Waals surface area (Å²) in [5.74, 6) is -4.61. The highest BCUT2D eigenvalue weighted by molar-refractivity contribution is 5.96. The van der Waals surface area contributed by atoms with Gasteiger partial charge in [-0.1, -0.05) is 24.3 Å². The number of hydrogen-bond donors (Lipinski definition) is 3. The standard InChI is InChI=1S/C31H30F2N6O8/c1-37(2)24(40)14-8-7-12-20(35-30(43)46-3)28(41)34-21-13-9-15-38(29(21)42)17-23-36-26-22(39(23)31(44)45)16-19(32)25(33)27(26)47-18-10-5-4-6-11-18/h4-6,8-11,13-16,20H,7,12,17H2,1-3H3,(H,34,41)(H,35,43)(H,44,45)/b14-8+/t20-/m0/s1. The number of imidazole rings is 1. The van der Waals surface area contributed by atoms with Crippen LogP contribution in [0.5, 0.6) is 11.5 Å². The summed E-state index contributed by atoms with van der Waals surface area (Å²) < 4.78 is 41.3. The third-order valence-corrected chi connectivity index (χ3v) is 6.73. The zero-order chi connectivity index (χ0) is 34.2. The number of nitrogens with one attached hydrogen (secondary N) is 2. The number of rotatable bonds is 11. The number of allylic oxidation sites excluding steroid dienone is 1.